The van der Waals surface area contributed by atoms with Gasteiger partial charge in [0.1, 0.15) is 0 Å². The SMILES string of the molecule is COCCN(CCCNC(C)C)CC(C)C. The van der Waals surface area contributed by atoms with Gasteiger partial charge < -0.3 is 15.0 Å². The van der Waals surface area contributed by atoms with E-state index < -0.39 is 0 Å². The standard InChI is InChI=1S/C13H30N2O/c1-12(2)11-15(9-10-16-5)8-6-7-14-13(3)4/h12-14H,6-11H2,1-5H3. The fraction of sp³-hybridized carbons (Fsp3) is 1.00. The van der Waals surface area contributed by atoms with E-state index in [0.717, 1.165) is 25.6 Å². The minimum Gasteiger partial charge on any atom is -0.383 e. The highest BCUT2D eigenvalue weighted by atomic mass is 16.5. The van der Waals surface area contributed by atoms with Crippen molar-refractivity contribution in [3.05, 3.63) is 0 Å². The number of rotatable bonds is 10. The van der Waals surface area contributed by atoms with E-state index in [4.69, 9.17) is 4.74 Å². The molecular formula is C13H30N2O. The molecule has 0 amide bonds. The maximum atomic E-state index is 5.14. The van der Waals surface area contributed by atoms with Crippen LogP contribution in [0.2, 0.25) is 0 Å². The first-order valence-electron chi connectivity index (χ1n) is 6.51. The van der Waals surface area contributed by atoms with Crippen LogP contribution in [-0.4, -0.2) is 50.8 Å². The van der Waals surface area contributed by atoms with Crippen LogP contribution in [0, 0.1) is 5.92 Å². The minimum atomic E-state index is 0.595. The van der Waals surface area contributed by atoms with Gasteiger partial charge in [-0.2, -0.15) is 0 Å². The van der Waals surface area contributed by atoms with Gasteiger partial charge in [-0.15, -0.1) is 0 Å². The zero-order valence-corrected chi connectivity index (χ0v) is 11.8. The molecule has 0 saturated heterocycles. The summed E-state index contributed by atoms with van der Waals surface area (Å²) in [5.74, 6) is 0.731. The molecule has 3 heteroatoms. The van der Waals surface area contributed by atoms with Crippen LogP contribution in [0.5, 0.6) is 0 Å². The van der Waals surface area contributed by atoms with Crippen LogP contribution in [-0.2, 0) is 4.74 Å². The Labute approximate surface area is 102 Å². The van der Waals surface area contributed by atoms with Gasteiger partial charge in [-0.1, -0.05) is 27.7 Å². The highest BCUT2D eigenvalue weighted by Crippen LogP contribution is 1.99. The average Bonchev–Trinajstić information content (AvgIpc) is 2.19. The molecule has 0 spiro atoms. The van der Waals surface area contributed by atoms with Crippen molar-refractivity contribution in [1.29, 1.82) is 0 Å². The number of nitrogens with one attached hydrogen (secondary N) is 1. The summed E-state index contributed by atoms with van der Waals surface area (Å²) >= 11 is 0. The third kappa shape index (κ3) is 10.4. The summed E-state index contributed by atoms with van der Waals surface area (Å²) in [6.45, 7) is 14.3. The van der Waals surface area contributed by atoms with Crippen molar-refractivity contribution in [2.24, 2.45) is 5.92 Å². The second-order valence-corrected chi connectivity index (χ2v) is 5.15. The van der Waals surface area contributed by atoms with Crippen molar-refractivity contribution in [1.82, 2.24) is 10.2 Å². The van der Waals surface area contributed by atoms with Crippen LogP contribution in [0.3, 0.4) is 0 Å². The Morgan fingerprint density at radius 1 is 1.12 bits per heavy atom. The van der Waals surface area contributed by atoms with E-state index in [1.165, 1.54) is 19.5 Å². The monoisotopic (exact) mass is 230 g/mol. The Morgan fingerprint density at radius 3 is 2.31 bits per heavy atom. The van der Waals surface area contributed by atoms with Crippen LogP contribution in [0.25, 0.3) is 0 Å². The smallest absolute Gasteiger partial charge is 0.0589 e. The summed E-state index contributed by atoms with van der Waals surface area (Å²) in [6, 6.07) is 0.595. The molecule has 0 fully saturated rings. The number of hydrogen-bond acceptors (Lipinski definition) is 3. The fourth-order valence-electron chi connectivity index (χ4n) is 1.72. The van der Waals surface area contributed by atoms with Crippen molar-refractivity contribution in [2.75, 3.05) is 39.9 Å². The van der Waals surface area contributed by atoms with E-state index in [1.807, 2.05) is 0 Å². The molecule has 0 heterocycles. The molecule has 0 aliphatic rings. The fourth-order valence-corrected chi connectivity index (χ4v) is 1.72. The molecule has 0 unspecified atom stereocenters. The highest BCUT2D eigenvalue weighted by molar-refractivity contribution is 4.62. The maximum absolute atomic E-state index is 5.14. The summed E-state index contributed by atoms with van der Waals surface area (Å²) in [6.07, 6.45) is 1.22. The normalized spacial score (nSPS) is 12.0. The summed E-state index contributed by atoms with van der Waals surface area (Å²) < 4.78 is 5.14. The number of nitrogens with zero attached hydrogens (tertiary/aromatic N) is 1. The van der Waals surface area contributed by atoms with Crippen molar-refractivity contribution in [3.8, 4) is 0 Å². The van der Waals surface area contributed by atoms with Gasteiger partial charge in [-0.05, 0) is 25.4 Å². The molecule has 0 aromatic rings. The Morgan fingerprint density at radius 2 is 1.81 bits per heavy atom. The summed E-state index contributed by atoms with van der Waals surface area (Å²) in [4.78, 5) is 2.50. The van der Waals surface area contributed by atoms with Gasteiger partial charge in [0.25, 0.3) is 0 Å². The molecule has 1 N–H and O–H groups in total. The molecule has 0 rings (SSSR count). The lowest BCUT2D eigenvalue weighted by Gasteiger charge is -2.24. The Bertz CT molecular complexity index is 149. The maximum Gasteiger partial charge on any atom is 0.0589 e. The van der Waals surface area contributed by atoms with Crippen LogP contribution < -0.4 is 5.32 Å². The minimum absolute atomic E-state index is 0.595. The lowest BCUT2D eigenvalue weighted by atomic mass is 10.2. The van der Waals surface area contributed by atoms with E-state index in [9.17, 15) is 0 Å². The van der Waals surface area contributed by atoms with Crippen LogP contribution in [0.1, 0.15) is 34.1 Å². The van der Waals surface area contributed by atoms with Gasteiger partial charge in [0.15, 0.2) is 0 Å². The molecule has 98 valence electrons. The molecule has 0 aliphatic heterocycles. The van der Waals surface area contributed by atoms with Gasteiger partial charge in [0, 0.05) is 26.2 Å². The molecular weight excluding hydrogens is 200 g/mol. The van der Waals surface area contributed by atoms with Crippen LogP contribution >= 0.6 is 0 Å². The van der Waals surface area contributed by atoms with Crippen LogP contribution in [0.15, 0.2) is 0 Å². The quantitative estimate of drug-likeness (QED) is 0.581. The van der Waals surface area contributed by atoms with E-state index in [2.05, 4.69) is 37.9 Å². The zero-order chi connectivity index (χ0) is 12.4. The summed E-state index contributed by atoms with van der Waals surface area (Å²) in [5, 5.41) is 3.45. The van der Waals surface area contributed by atoms with E-state index in [0.29, 0.717) is 6.04 Å². The lowest BCUT2D eigenvalue weighted by Crippen LogP contribution is -2.34. The van der Waals surface area contributed by atoms with Crippen molar-refractivity contribution in [2.45, 2.75) is 40.2 Å². The molecule has 0 saturated carbocycles. The molecule has 3 nitrogen and oxygen atoms in total. The topological polar surface area (TPSA) is 24.5 Å². The van der Waals surface area contributed by atoms with Gasteiger partial charge in [-0.25, -0.2) is 0 Å². The second kappa shape index (κ2) is 10.1. The lowest BCUT2D eigenvalue weighted by molar-refractivity contribution is 0.139. The molecule has 0 aliphatic carbocycles. The number of ether oxygens (including phenoxy) is 1. The van der Waals surface area contributed by atoms with Gasteiger partial charge >= 0.3 is 0 Å². The van der Waals surface area contributed by atoms with E-state index in [-0.39, 0.29) is 0 Å². The third-order valence-corrected chi connectivity index (χ3v) is 2.44. The van der Waals surface area contributed by atoms with E-state index >= 15 is 0 Å². The Kier molecular flexibility index (Phi) is 9.99. The molecule has 0 atom stereocenters. The van der Waals surface area contributed by atoms with Gasteiger partial charge in [0.05, 0.1) is 6.61 Å². The molecule has 0 bridgehead atoms. The molecule has 0 aromatic carbocycles. The van der Waals surface area contributed by atoms with Gasteiger partial charge in [0.2, 0.25) is 0 Å². The molecule has 16 heavy (non-hydrogen) atoms. The van der Waals surface area contributed by atoms with Gasteiger partial charge in [-0.3, -0.25) is 0 Å². The molecule has 0 radical (unpaired) electrons. The second-order valence-electron chi connectivity index (χ2n) is 5.15. The van der Waals surface area contributed by atoms with Crippen LogP contribution in [0.4, 0.5) is 0 Å². The van der Waals surface area contributed by atoms with E-state index in [1.54, 1.807) is 7.11 Å². The highest BCUT2D eigenvalue weighted by Gasteiger charge is 2.06. The first-order chi connectivity index (χ1) is 7.56. The Hall–Kier alpha value is -0.120. The third-order valence-electron chi connectivity index (χ3n) is 2.44. The first-order valence-corrected chi connectivity index (χ1v) is 6.51. The summed E-state index contributed by atoms with van der Waals surface area (Å²) in [7, 11) is 1.77. The van der Waals surface area contributed by atoms with Crippen molar-refractivity contribution < 1.29 is 4.74 Å². The first kappa shape index (κ1) is 15.9. The predicted molar refractivity (Wildman–Crippen MR) is 70.9 cm³/mol. The van der Waals surface area contributed by atoms with Crippen molar-refractivity contribution in [3.63, 3.8) is 0 Å². The number of hydrogen-bond donors (Lipinski definition) is 1. The largest absolute Gasteiger partial charge is 0.383 e. The predicted octanol–water partition coefficient (Wildman–Crippen LogP) is 1.98. The summed E-state index contributed by atoms with van der Waals surface area (Å²) in [5.41, 5.74) is 0. The zero-order valence-electron chi connectivity index (χ0n) is 11.8. The number of methoxy groups -OCH3 is 1. The Balaban J connectivity index is 3.64. The molecule has 0 aromatic heterocycles. The van der Waals surface area contributed by atoms with Crippen molar-refractivity contribution >= 4 is 0 Å². The average molecular weight is 230 g/mol.